The average Bonchev–Trinajstić information content (AvgIpc) is 2.55. The molecule has 3 heteroatoms. The van der Waals surface area contributed by atoms with Gasteiger partial charge in [0.05, 0.1) is 5.56 Å². The molecule has 0 heterocycles. The largest absolute Gasteiger partial charge is 0.454 e. The molecule has 1 N–H and O–H groups in total. The number of para-hydroxylation sites is 1. The average molecular weight is 281 g/mol. The van der Waals surface area contributed by atoms with Crippen LogP contribution >= 0.6 is 0 Å². The van der Waals surface area contributed by atoms with Crippen molar-refractivity contribution in [2.75, 3.05) is 12.4 Å². The zero-order chi connectivity index (χ0) is 14.7. The van der Waals surface area contributed by atoms with E-state index >= 15 is 0 Å². The summed E-state index contributed by atoms with van der Waals surface area (Å²) in [4.78, 5) is 12.4. The van der Waals surface area contributed by atoms with E-state index in [1.165, 1.54) is 5.56 Å². The molecule has 1 aliphatic rings. The van der Waals surface area contributed by atoms with Crippen LogP contribution in [0.5, 0.6) is 0 Å². The van der Waals surface area contributed by atoms with E-state index in [1.54, 1.807) is 6.07 Å². The fourth-order valence-corrected chi connectivity index (χ4v) is 2.90. The SMILES string of the molecule is CNc1ccccc1C(=O)OC1CCCc2ccccc21. The van der Waals surface area contributed by atoms with E-state index in [9.17, 15) is 4.79 Å². The highest BCUT2D eigenvalue weighted by Gasteiger charge is 2.24. The van der Waals surface area contributed by atoms with Gasteiger partial charge < -0.3 is 10.1 Å². The maximum atomic E-state index is 12.4. The van der Waals surface area contributed by atoms with E-state index in [1.807, 2.05) is 37.4 Å². The highest BCUT2D eigenvalue weighted by Crippen LogP contribution is 2.33. The van der Waals surface area contributed by atoms with Gasteiger partial charge in [-0.1, -0.05) is 36.4 Å². The van der Waals surface area contributed by atoms with Crippen LogP contribution in [0.1, 0.15) is 40.4 Å². The van der Waals surface area contributed by atoms with Gasteiger partial charge in [0.1, 0.15) is 6.10 Å². The predicted octanol–water partition coefficient (Wildman–Crippen LogP) is 3.96. The first-order valence-corrected chi connectivity index (χ1v) is 7.35. The molecule has 0 saturated carbocycles. The molecule has 0 saturated heterocycles. The zero-order valence-electron chi connectivity index (χ0n) is 12.1. The first-order valence-electron chi connectivity index (χ1n) is 7.35. The summed E-state index contributed by atoms with van der Waals surface area (Å²) in [5.41, 5.74) is 3.83. The number of nitrogens with one attached hydrogen (secondary N) is 1. The lowest BCUT2D eigenvalue weighted by molar-refractivity contribution is 0.0257. The third-order valence-corrected chi connectivity index (χ3v) is 3.98. The van der Waals surface area contributed by atoms with Crippen molar-refractivity contribution in [3.8, 4) is 0 Å². The second-order valence-corrected chi connectivity index (χ2v) is 5.28. The second kappa shape index (κ2) is 6.00. The Morgan fingerprint density at radius 2 is 1.90 bits per heavy atom. The van der Waals surface area contributed by atoms with E-state index in [4.69, 9.17) is 4.74 Å². The summed E-state index contributed by atoms with van der Waals surface area (Å²) < 4.78 is 5.77. The van der Waals surface area contributed by atoms with Gasteiger partial charge in [-0.2, -0.15) is 0 Å². The molecule has 0 fully saturated rings. The number of fused-ring (bicyclic) bond motifs is 1. The molecular weight excluding hydrogens is 262 g/mol. The van der Waals surface area contributed by atoms with Crippen molar-refractivity contribution in [1.29, 1.82) is 0 Å². The Hall–Kier alpha value is -2.29. The van der Waals surface area contributed by atoms with Gasteiger partial charge in [-0.3, -0.25) is 0 Å². The van der Waals surface area contributed by atoms with E-state index in [0.29, 0.717) is 5.56 Å². The van der Waals surface area contributed by atoms with Crippen LogP contribution in [0.25, 0.3) is 0 Å². The summed E-state index contributed by atoms with van der Waals surface area (Å²) in [7, 11) is 1.81. The summed E-state index contributed by atoms with van der Waals surface area (Å²) in [5.74, 6) is -0.262. The topological polar surface area (TPSA) is 38.3 Å². The van der Waals surface area contributed by atoms with Crippen molar-refractivity contribution in [2.24, 2.45) is 0 Å². The van der Waals surface area contributed by atoms with E-state index in [2.05, 4.69) is 17.4 Å². The second-order valence-electron chi connectivity index (χ2n) is 5.28. The molecule has 2 aromatic carbocycles. The van der Waals surface area contributed by atoms with Crippen LogP contribution in [0.3, 0.4) is 0 Å². The lowest BCUT2D eigenvalue weighted by Gasteiger charge is -2.25. The number of hydrogen-bond donors (Lipinski definition) is 1. The first kappa shape index (κ1) is 13.7. The van der Waals surface area contributed by atoms with Crippen LogP contribution in [-0.4, -0.2) is 13.0 Å². The Kier molecular flexibility index (Phi) is 3.91. The quantitative estimate of drug-likeness (QED) is 0.865. The molecular formula is C18H19NO2. The van der Waals surface area contributed by atoms with Crippen LogP contribution in [-0.2, 0) is 11.2 Å². The van der Waals surface area contributed by atoms with Crippen molar-refractivity contribution in [1.82, 2.24) is 0 Å². The number of benzene rings is 2. The lowest BCUT2D eigenvalue weighted by atomic mass is 9.89. The number of carbonyl (C=O) groups is 1. The molecule has 1 aliphatic carbocycles. The van der Waals surface area contributed by atoms with Gasteiger partial charge in [0.15, 0.2) is 0 Å². The molecule has 21 heavy (non-hydrogen) atoms. The number of ether oxygens (including phenoxy) is 1. The monoisotopic (exact) mass is 281 g/mol. The van der Waals surface area contributed by atoms with E-state index < -0.39 is 0 Å². The standard InChI is InChI=1S/C18H19NO2/c1-19-16-11-5-4-10-15(16)18(20)21-17-12-6-8-13-7-2-3-9-14(13)17/h2-5,7,9-11,17,19H,6,8,12H2,1H3. The van der Waals surface area contributed by atoms with Crippen molar-refractivity contribution >= 4 is 11.7 Å². The molecule has 0 aromatic heterocycles. The van der Waals surface area contributed by atoms with Crippen molar-refractivity contribution in [3.63, 3.8) is 0 Å². The summed E-state index contributed by atoms with van der Waals surface area (Å²) >= 11 is 0. The highest BCUT2D eigenvalue weighted by atomic mass is 16.5. The van der Waals surface area contributed by atoms with Gasteiger partial charge in [0.25, 0.3) is 0 Å². The molecule has 3 nitrogen and oxygen atoms in total. The van der Waals surface area contributed by atoms with Crippen LogP contribution in [0, 0.1) is 0 Å². The highest BCUT2D eigenvalue weighted by molar-refractivity contribution is 5.95. The van der Waals surface area contributed by atoms with Crippen LogP contribution < -0.4 is 5.32 Å². The van der Waals surface area contributed by atoms with Gasteiger partial charge in [0, 0.05) is 12.7 Å². The van der Waals surface area contributed by atoms with E-state index in [0.717, 1.165) is 30.5 Å². The van der Waals surface area contributed by atoms with Gasteiger partial charge in [-0.25, -0.2) is 4.79 Å². The number of hydrogen-bond acceptors (Lipinski definition) is 3. The summed E-state index contributed by atoms with van der Waals surface area (Å²) in [6.45, 7) is 0. The number of aryl methyl sites for hydroxylation is 1. The summed E-state index contributed by atoms with van der Waals surface area (Å²) in [6.07, 6.45) is 2.89. The normalized spacial score (nSPS) is 16.9. The molecule has 0 radical (unpaired) electrons. The summed E-state index contributed by atoms with van der Waals surface area (Å²) in [5, 5.41) is 3.03. The number of rotatable bonds is 3. The molecule has 3 rings (SSSR count). The zero-order valence-corrected chi connectivity index (χ0v) is 12.1. The molecule has 1 unspecified atom stereocenters. The van der Waals surface area contributed by atoms with Crippen molar-refractivity contribution in [3.05, 3.63) is 65.2 Å². The minimum Gasteiger partial charge on any atom is -0.454 e. The number of carbonyl (C=O) groups excluding carboxylic acids is 1. The van der Waals surface area contributed by atoms with Gasteiger partial charge in [-0.15, -0.1) is 0 Å². The van der Waals surface area contributed by atoms with Gasteiger partial charge in [-0.05, 0) is 42.5 Å². The molecule has 0 amide bonds. The fourth-order valence-electron chi connectivity index (χ4n) is 2.90. The third-order valence-electron chi connectivity index (χ3n) is 3.98. The maximum absolute atomic E-state index is 12.4. The van der Waals surface area contributed by atoms with Crippen molar-refractivity contribution < 1.29 is 9.53 Å². The molecule has 108 valence electrons. The Balaban J connectivity index is 1.83. The molecule has 0 aliphatic heterocycles. The number of anilines is 1. The lowest BCUT2D eigenvalue weighted by Crippen LogP contribution is -2.17. The molecule has 2 aromatic rings. The van der Waals surface area contributed by atoms with Crippen LogP contribution in [0.4, 0.5) is 5.69 Å². The minimum atomic E-state index is -0.262. The Morgan fingerprint density at radius 3 is 2.76 bits per heavy atom. The van der Waals surface area contributed by atoms with E-state index in [-0.39, 0.29) is 12.1 Å². The summed E-state index contributed by atoms with van der Waals surface area (Å²) in [6, 6.07) is 15.7. The van der Waals surface area contributed by atoms with Crippen molar-refractivity contribution in [2.45, 2.75) is 25.4 Å². The Labute approximate surface area is 124 Å². The Morgan fingerprint density at radius 1 is 1.14 bits per heavy atom. The minimum absolute atomic E-state index is 0.132. The predicted molar refractivity (Wildman–Crippen MR) is 83.5 cm³/mol. The molecule has 0 spiro atoms. The molecule has 0 bridgehead atoms. The van der Waals surface area contributed by atoms with Gasteiger partial charge in [0.2, 0.25) is 0 Å². The fraction of sp³-hybridized carbons (Fsp3) is 0.278. The molecule has 1 atom stereocenters. The first-order chi connectivity index (χ1) is 10.3. The maximum Gasteiger partial charge on any atom is 0.340 e. The smallest absolute Gasteiger partial charge is 0.340 e. The van der Waals surface area contributed by atoms with Crippen LogP contribution in [0.15, 0.2) is 48.5 Å². The number of esters is 1. The Bertz CT molecular complexity index is 651. The third kappa shape index (κ3) is 2.77. The van der Waals surface area contributed by atoms with Crippen LogP contribution in [0.2, 0.25) is 0 Å². The van der Waals surface area contributed by atoms with Gasteiger partial charge >= 0.3 is 5.97 Å².